The van der Waals surface area contributed by atoms with E-state index in [1.165, 1.54) is 14.0 Å². The summed E-state index contributed by atoms with van der Waals surface area (Å²) in [4.78, 5) is 34.4. The van der Waals surface area contributed by atoms with Crippen molar-refractivity contribution in [3.63, 3.8) is 0 Å². The minimum Gasteiger partial charge on any atom is -0.480 e. The number of aliphatic carboxylic acids is 1. The van der Waals surface area contributed by atoms with Gasteiger partial charge in [0.05, 0.1) is 10.5 Å². The highest BCUT2D eigenvalue weighted by Crippen LogP contribution is 2.29. The van der Waals surface area contributed by atoms with Crippen LogP contribution in [0.3, 0.4) is 0 Å². The second-order valence-electron chi connectivity index (χ2n) is 4.67. The van der Waals surface area contributed by atoms with E-state index in [-0.39, 0.29) is 16.8 Å². The predicted octanol–water partition coefficient (Wildman–Crippen LogP) is 1.68. The number of aryl methyl sites for hydroxylation is 2. The van der Waals surface area contributed by atoms with Gasteiger partial charge in [-0.1, -0.05) is 0 Å². The first kappa shape index (κ1) is 15.6. The zero-order valence-electron chi connectivity index (χ0n) is 11.8. The molecule has 0 aliphatic carbocycles. The summed E-state index contributed by atoms with van der Waals surface area (Å²) in [5.74, 6) is -1.68. The maximum Gasteiger partial charge on any atom is 0.323 e. The van der Waals surface area contributed by atoms with Crippen molar-refractivity contribution in [2.45, 2.75) is 20.8 Å². The molecule has 1 aromatic carbocycles. The van der Waals surface area contributed by atoms with Crippen LogP contribution in [0.25, 0.3) is 0 Å². The van der Waals surface area contributed by atoms with Gasteiger partial charge in [-0.15, -0.1) is 0 Å². The molecule has 0 fully saturated rings. The molecule has 1 aromatic rings. The maximum atomic E-state index is 12.2. The molecule has 7 nitrogen and oxygen atoms in total. The van der Waals surface area contributed by atoms with E-state index in [1.807, 2.05) is 0 Å². The molecule has 108 valence electrons. The Morgan fingerprint density at radius 3 is 2.30 bits per heavy atom. The monoisotopic (exact) mass is 280 g/mol. The van der Waals surface area contributed by atoms with Crippen LogP contribution in [0.4, 0.5) is 5.69 Å². The summed E-state index contributed by atoms with van der Waals surface area (Å²) in [6, 6.07) is 1.56. The van der Waals surface area contributed by atoms with Crippen molar-refractivity contribution in [1.82, 2.24) is 4.90 Å². The molecule has 20 heavy (non-hydrogen) atoms. The fourth-order valence-electron chi connectivity index (χ4n) is 2.25. The largest absolute Gasteiger partial charge is 0.480 e. The number of nitro benzene ring substituents is 1. The lowest BCUT2D eigenvalue weighted by atomic mass is 9.96. The van der Waals surface area contributed by atoms with E-state index in [2.05, 4.69) is 0 Å². The highest BCUT2D eigenvalue weighted by atomic mass is 16.6. The molecule has 0 saturated carbocycles. The van der Waals surface area contributed by atoms with Gasteiger partial charge in [0.15, 0.2) is 0 Å². The van der Waals surface area contributed by atoms with Crippen LogP contribution in [-0.2, 0) is 4.79 Å². The summed E-state index contributed by atoms with van der Waals surface area (Å²) in [5, 5.41) is 19.8. The van der Waals surface area contributed by atoms with E-state index in [4.69, 9.17) is 5.11 Å². The Morgan fingerprint density at radius 2 is 1.85 bits per heavy atom. The van der Waals surface area contributed by atoms with Crippen LogP contribution >= 0.6 is 0 Å². The van der Waals surface area contributed by atoms with E-state index in [9.17, 15) is 19.7 Å². The molecular formula is C13H16N2O5. The van der Waals surface area contributed by atoms with Gasteiger partial charge in [-0.05, 0) is 32.4 Å². The van der Waals surface area contributed by atoms with Gasteiger partial charge in [0.1, 0.15) is 6.54 Å². The van der Waals surface area contributed by atoms with Crippen LogP contribution in [-0.4, -0.2) is 40.4 Å². The van der Waals surface area contributed by atoms with Gasteiger partial charge in [0.25, 0.3) is 11.6 Å². The smallest absolute Gasteiger partial charge is 0.323 e. The molecule has 0 aliphatic heterocycles. The van der Waals surface area contributed by atoms with E-state index in [1.54, 1.807) is 19.9 Å². The molecule has 0 spiro atoms. The number of likely N-dealkylation sites (N-methyl/N-ethyl adjacent to an activating group) is 1. The molecule has 1 rings (SSSR count). The highest BCUT2D eigenvalue weighted by Gasteiger charge is 2.26. The van der Waals surface area contributed by atoms with Crippen LogP contribution in [0.15, 0.2) is 6.07 Å². The minimum atomic E-state index is -1.14. The van der Waals surface area contributed by atoms with Gasteiger partial charge >= 0.3 is 5.97 Å². The number of benzene rings is 1. The van der Waals surface area contributed by atoms with Crippen LogP contribution in [0.1, 0.15) is 27.0 Å². The Bertz CT molecular complexity index is 595. The molecule has 0 bridgehead atoms. The van der Waals surface area contributed by atoms with Gasteiger partial charge in [0, 0.05) is 18.2 Å². The first-order valence-corrected chi connectivity index (χ1v) is 5.89. The Balaban J connectivity index is 3.38. The molecule has 0 aromatic heterocycles. The van der Waals surface area contributed by atoms with Crippen molar-refractivity contribution < 1.29 is 19.6 Å². The molecule has 0 aliphatic rings. The van der Waals surface area contributed by atoms with E-state index < -0.39 is 23.3 Å². The van der Waals surface area contributed by atoms with Crippen molar-refractivity contribution >= 4 is 17.6 Å². The van der Waals surface area contributed by atoms with Crippen molar-refractivity contribution in [3.8, 4) is 0 Å². The summed E-state index contributed by atoms with van der Waals surface area (Å²) in [5.41, 5.74) is 1.40. The van der Waals surface area contributed by atoms with Crippen LogP contribution in [0.5, 0.6) is 0 Å². The van der Waals surface area contributed by atoms with E-state index >= 15 is 0 Å². The third kappa shape index (κ3) is 2.93. The van der Waals surface area contributed by atoms with E-state index in [0.717, 1.165) is 4.90 Å². The number of nitrogens with zero attached hydrogens (tertiary/aromatic N) is 2. The minimum absolute atomic E-state index is 0.109. The fourth-order valence-corrected chi connectivity index (χ4v) is 2.25. The van der Waals surface area contributed by atoms with Crippen LogP contribution in [0, 0.1) is 30.9 Å². The summed E-state index contributed by atoms with van der Waals surface area (Å²) >= 11 is 0. The second-order valence-corrected chi connectivity index (χ2v) is 4.67. The Hall–Kier alpha value is -2.44. The third-order valence-electron chi connectivity index (χ3n) is 3.05. The first-order valence-electron chi connectivity index (χ1n) is 5.89. The number of amides is 1. The average molecular weight is 280 g/mol. The number of carboxylic acids is 1. The van der Waals surface area contributed by atoms with Gasteiger partial charge in [-0.25, -0.2) is 0 Å². The second kappa shape index (κ2) is 5.68. The fraction of sp³-hybridized carbons (Fsp3) is 0.385. The molecule has 0 saturated heterocycles. The average Bonchev–Trinajstić information content (AvgIpc) is 2.25. The third-order valence-corrected chi connectivity index (χ3v) is 3.05. The van der Waals surface area contributed by atoms with Gasteiger partial charge < -0.3 is 10.0 Å². The topological polar surface area (TPSA) is 101 Å². The predicted molar refractivity (Wildman–Crippen MR) is 71.9 cm³/mol. The summed E-state index contributed by atoms with van der Waals surface area (Å²) < 4.78 is 0. The van der Waals surface area contributed by atoms with Gasteiger partial charge in [0.2, 0.25) is 0 Å². The molecule has 1 N–H and O–H groups in total. The highest BCUT2D eigenvalue weighted by molar-refractivity contribution is 5.99. The number of carboxylic acid groups (broad SMARTS) is 1. The molecular weight excluding hydrogens is 264 g/mol. The zero-order valence-corrected chi connectivity index (χ0v) is 11.8. The molecule has 7 heteroatoms. The number of hydrogen-bond donors (Lipinski definition) is 1. The number of rotatable bonds is 4. The van der Waals surface area contributed by atoms with Crippen molar-refractivity contribution in [3.05, 3.63) is 38.4 Å². The lowest BCUT2D eigenvalue weighted by molar-refractivity contribution is -0.386. The molecule has 0 heterocycles. The Kier molecular flexibility index (Phi) is 4.44. The van der Waals surface area contributed by atoms with Crippen molar-refractivity contribution in [2.24, 2.45) is 0 Å². The molecule has 0 unspecified atom stereocenters. The molecule has 0 atom stereocenters. The molecule has 1 amide bonds. The van der Waals surface area contributed by atoms with Crippen LogP contribution in [0.2, 0.25) is 0 Å². The lowest BCUT2D eigenvalue weighted by Gasteiger charge is -2.18. The first-order chi connectivity index (χ1) is 9.16. The summed E-state index contributed by atoms with van der Waals surface area (Å²) in [7, 11) is 1.35. The van der Waals surface area contributed by atoms with Crippen LogP contribution < -0.4 is 0 Å². The zero-order chi connectivity index (χ0) is 15.6. The number of carbonyl (C=O) groups is 2. The quantitative estimate of drug-likeness (QED) is 0.668. The Morgan fingerprint density at radius 1 is 1.30 bits per heavy atom. The number of nitro groups is 1. The molecule has 0 radical (unpaired) electrons. The number of hydrogen-bond acceptors (Lipinski definition) is 4. The number of carbonyl (C=O) groups excluding carboxylic acids is 1. The summed E-state index contributed by atoms with van der Waals surface area (Å²) in [6.45, 7) is 4.32. The van der Waals surface area contributed by atoms with Crippen molar-refractivity contribution in [1.29, 1.82) is 0 Å². The van der Waals surface area contributed by atoms with E-state index in [0.29, 0.717) is 11.1 Å². The normalized spacial score (nSPS) is 10.2. The summed E-state index contributed by atoms with van der Waals surface area (Å²) in [6.07, 6.45) is 0. The maximum absolute atomic E-state index is 12.2. The van der Waals surface area contributed by atoms with Crippen molar-refractivity contribution in [2.75, 3.05) is 13.6 Å². The standard InChI is InChI=1S/C13H16N2O5/c1-7-5-8(2)12(15(19)20)9(3)11(7)13(18)14(4)6-10(16)17/h5H,6H2,1-4H3,(H,16,17). The Labute approximate surface area is 116 Å². The van der Waals surface area contributed by atoms with Gasteiger partial charge in [-0.3, -0.25) is 19.7 Å². The SMILES string of the molecule is Cc1cc(C)c([N+](=O)[O-])c(C)c1C(=O)N(C)CC(=O)O. The lowest BCUT2D eigenvalue weighted by Crippen LogP contribution is -2.33. The van der Waals surface area contributed by atoms with Gasteiger partial charge in [-0.2, -0.15) is 0 Å².